The number of hydrogen-bond donors (Lipinski definition) is 0. The van der Waals surface area contributed by atoms with Gasteiger partial charge in [-0.2, -0.15) is 0 Å². The van der Waals surface area contributed by atoms with Crippen molar-refractivity contribution < 1.29 is 19.0 Å². The molecule has 0 bridgehead atoms. The number of nitrogens with zero attached hydrogens (tertiary/aromatic N) is 1. The minimum Gasteiger partial charge on any atom is -0.493 e. The van der Waals surface area contributed by atoms with Gasteiger partial charge >= 0.3 is 5.97 Å². The van der Waals surface area contributed by atoms with Gasteiger partial charge in [0.2, 0.25) is 0 Å². The third-order valence-corrected chi connectivity index (χ3v) is 3.79. The number of methoxy groups -OCH3 is 2. The van der Waals surface area contributed by atoms with E-state index < -0.39 is 0 Å². The minimum atomic E-state index is -0.374. The lowest BCUT2D eigenvalue weighted by Crippen LogP contribution is -2.30. The van der Waals surface area contributed by atoms with E-state index >= 15 is 0 Å². The Morgan fingerprint density at radius 2 is 1.72 bits per heavy atom. The summed E-state index contributed by atoms with van der Waals surface area (Å²) in [7, 11) is 5.10. The minimum absolute atomic E-state index is 0.227. The van der Waals surface area contributed by atoms with Crippen molar-refractivity contribution in [2.24, 2.45) is 0 Å². The number of benzene rings is 2. The van der Waals surface area contributed by atoms with Crippen LogP contribution in [-0.4, -0.2) is 44.8 Å². The van der Waals surface area contributed by atoms with Crippen LogP contribution in [-0.2, 0) is 11.3 Å². The molecule has 0 radical (unpaired) electrons. The molecule has 5 heteroatoms. The SMILES string of the molecule is COc1ccc(C(=O)OC(C)CN(C)Cc2ccccc2)cc1OC. The fourth-order valence-electron chi connectivity index (χ4n) is 2.65. The predicted octanol–water partition coefficient (Wildman–Crippen LogP) is 3.38. The second-order valence-corrected chi connectivity index (χ2v) is 5.97. The lowest BCUT2D eigenvalue weighted by Gasteiger charge is -2.21. The Bertz CT molecular complexity index is 687. The molecule has 0 heterocycles. The summed E-state index contributed by atoms with van der Waals surface area (Å²) in [5.74, 6) is 0.710. The number of hydrogen-bond acceptors (Lipinski definition) is 5. The smallest absolute Gasteiger partial charge is 0.338 e. The van der Waals surface area contributed by atoms with Crippen molar-refractivity contribution in [1.29, 1.82) is 0 Å². The largest absolute Gasteiger partial charge is 0.493 e. The molecule has 1 atom stereocenters. The molecule has 2 rings (SSSR count). The maximum atomic E-state index is 12.3. The summed E-state index contributed by atoms with van der Waals surface area (Å²) in [6.07, 6.45) is -0.227. The molecule has 0 N–H and O–H groups in total. The van der Waals surface area contributed by atoms with Crippen LogP contribution in [0.15, 0.2) is 48.5 Å². The Morgan fingerprint density at radius 1 is 1.04 bits per heavy atom. The van der Waals surface area contributed by atoms with E-state index in [1.165, 1.54) is 12.7 Å². The van der Waals surface area contributed by atoms with Crippen LogP contribution in [0, 0.1) is 0 Å². The third kappa shape index (κ3) is 5.50. The lowest BCUT2D eigenvalue weighted by atomic mass is 10.2. The Labute approximate surface area is 149 Å². The van der Waals surface area contributed by atoms with Crippen LogP contribution in [0.3, 0.4) is 0 Å². The molecule has 0 aliphatic carbocycles. The highest BCUT2D eigenvalue weighted by Crippen LogP contribution is 2.27. The first-order valence-electron chi connectivity index (χ1n) is 8.19. The van der Waals surface area contributed by atoms with Gasteiger partial charge in [0.05, 0.1) is 19.8 Å². The first-order valence-corrected chi connectivity index (χ1v) is 8.19. The lowest BCUT2D eigenvalue weighted by molar-refractivity contribution is 0.0267. The summed E-state index contributed by atoms with van der Waals surface area (Å²) in [4.78, 5) is 14.5. The van der Waals surface area contributed by atoms with Crippen molar-refractivity contribution in [3.8, 4) is 11.5 Å². The molecule has 2 aromatic carbocycles. The molecule has 0 saturated carbocycles. The third-order valence-electron chi connectivity index (χ3n) is 3.79. The fourth-order valence-corrected chi connectivity index (χ4v) is 2.65. The molecule has 25 heavy (non-hydrogen) atoms. The van der Waals surface area contributed by atoms with Crippen LogP contribution >= 0.6 is 0 Å². The zero-order chi connectivity index (χ0) is 18.2. The molecular weight excluding hydrogens is 318 g/mol. The van der Waals surface area contributed by atoms with Crippen LogP contribution in [0.4, 0.5) is 0 Å². The average Bonchev–Trinajstić information content (AvgIpc) is 2.61. The highest BCUT2D eigenvalue weighted by Gasteiger charge is 2.16. The van der Waals surface area contributed by atoms with Gasteiger partial charge in [0.25, 0.3) is 0 Å². The second kappa shape index (κ2) is 9.08. The van der Waals surface area contributed by atoms with Gasteiger partial charge in [-0.25, -0.2) is 4.79 Å². The van der Waals surface area contributed by atoms with E-state index in [-0.39, 0.29) is 12.1 Å². The first-order chi connectivity index (χ1) is 12.0. The number of esters is 1. The van der Waals surface area contributed by atoms with E-state index in [1.807, 2.05) is 32.2 Å². The van der Waals surface area contributed by atoms with Crippen molar-refractivity contribution in [3.63, 3.8) is 0 Å². The average molecular weight is 343 g/mol. The van der Waals surface area contributed by atoms with Crippen molar-refractivity contribution in [2.45, 2.75) is 19.6 Å². The first kappa shape index (κ1) is 18.8. The normalized spacial score (nSPS) is 11.9. The fraction of sp³-hybridized carbons (Fsp3) is 0.350. The van der Waals surface area contributed by atoms with Crippen molar-refractivity contribution in [3.05, 3.63) is 59.7 Å². The van der Waals surface area contributed by atoms with Crippen LogP contribution in [0.25, 0.3) is 0 Å². The van der Waals surface area contributed by atoms with Crippen LogP contribution < -0.4 is 9.47 Å². The van der Waals surface area contributed by atoms with Crippen molar-refractivity contribution >= 4 is 5.97 Å². The Kier molecular flexibility index (Phi) is 6.83. The van der Waals surface area contributed by atoms with Gasteiger partial charge in [-0.1, -0.05) is 30.3 Å². The Morgan fingerprint density at radius 3 is 2.36 bits per heavy atom. The highest BCUT2D eigenvalue weighted by atomic mass is 16.5. The molecule has 0 fully saturated rings. The summed E-state index contributed by atoms with van der Waals surface area (Å²) in [5.41, 5.74) is 1.67. The Balaban J connectivity index is 1.91. The molecule has 0 saturated heterocycles. The molecule has 0 spiro atoms. The summed E-state index contributed by atoms with van der Waals surface area (Å²) in [6.45, 7) is 3.34. The van der Waals surface area contributed by atoms with Crippen LogP contribution in [0.5, 0.6) is 11.5 Å². The van der Waals surface area contributed by atoms with Gasteiger partial charge in [0.15, 0.2) is 11.5 Å². The number of ether oxygens (including phenoxy) is 3. The summed E-state index contributed by atoms with van der Waals surface area (Å²) >= 11 is 0. The number of likely N-dealkylation sites (N-methyl/N-ethyl adjacent to an activating group) is 1. The van der Waals surface area contributed by atoms with Gasteiger partial charge in [0, 0.05) is 13.1 Å². The van der Waals surface area contributed by atoms with Crippen molar-refractivity contribution in [2.75, 3.05) is 27.8 Å². The molecular formula is C20H25NO4. The standard InChI is InChI=1S/C20H25NO4/c1-15(13-21(2)14-16-8-6-5-7-9-16)25-20(22)17-10-11-18(23-3)19(12-17)24-4/h5-12,15H,13-14H2,1-4H3. The van der Waals surface area contributed by atoms with Gasteiger partial charge in [0.1, 0.15) is 6.10 Å². The molecule has 5 nitrogen and oxygen atoms in total. The zero-order valence-electron chi connectivity index (χ0n) is 15.2. The topological polar surface area (TPSA) is 48.0 Å². The predicted molar refractivity (Wildman–Crippen MR) is 97.2 cm³/mol. The maximum Gasteiger partial charge on any atom is 0.338 e. The number of carbonyl (C=O) groups excluding carboxylic acids is 1. The van der Waals surface area contributed by atoms with Gasteiger partial charge in [-0.15, -0.1) is 0 Å². The van der Waals surface area contributed by atoms with Crippen LogP contribution in [0.2, 0.25) is 0 Å². The summed E-state index contributed by atoms with van der Waals surface area (Å²) in [5, 5.41) is 0. The van der Waals surface area contributed by atoms with Crippen molar-refractivity contribution in [1.82, 2.24) is 4.90 Å². The summed E-state index contributed by atoms with van der Waals surface area (Å²) in [6, 6.07) is 15.2. The molecule has 0 aliphatic rings. The molecule has 134 valence electrons. The van der Waals surface area contributed by atoms with Gasteiger partial charge in [-0.05, 0) is 37.7 Å². The molecule has 0 amide bonds. The molecule has 0 aromatic heterocycles. The quantitative estimate of drug-likeness (QED) is 0.688. The van der Waals surface area contributed by atoms with Gasteiger partial charge < -0.3 is 14.2 Å². The number of carbonyl (C=O) groups is 1. The van der Waals surface area contributed by atoms with E-state index in [2.05, 4.69) is 17.0 Å². The van der Waals surface area contributed by atoms with E-state index in [4.69, 9.17) is 14.2 Å². The number of rotatable bonds is 8. The van der Waals surface area contributed by atoms with E-state index in [0.717, 1.165) is 6.54 Å². The second-order valence-electron chi connectivity index (χ2n) is 5.97. The van der Waals surface area contributed by atoms with E-state index in [1.54, 1.807) is 25.3 Å². The highest BCUT2D eigenvalue weighted by molar-refractivity contribution is 5.90. The molecule has 0 aliphatic heterocycles. The molecule has 2 aromatic rings. The molecule has 1 unspecified atom stereocenters. The summed E-state index contributed by atoms with van der Waals surface area (Å²) < 4.78 is 15.9. The zero-order valence-corrected chi connectivity index (χ0v) is 15.2. The van der Waals surface area contributed by atoms with Gasteiger partial charge in [-0.3, -0.25) is 4.90 Å². The Hall–Kier alpha value is -2.53. The van der Waals surface area contributed by atoms with E-state index in [0.29, 0.717) is 23.6 Å². The maximum absolute atomic E-state index is 12.3. The van der Waals surface area contributed by atoms with E-state index in [9.17, 15) is 4.79 Å². The van der Waals surface area contributed by atoms with Crippen LogP contribution in [0.1, 0.15) is 22.8 Å². The monoisotopic (exact) mass is 343 g/mol.